The minimum Gasteiger partial charge on any atom is -0.476 e. The summed E-state index contributed by atoms with van der Waals surface area (Å²) in [4.78, 5) is 33.2. The SMILES string of the molecule is CCOC(=O)NC(=O)Cn1nnc(C(=O)O)c1CN. The van der Waals surface area contributed by atoms with Gasteiger partial charge in [0, 0.05) is 6.54 Å². The van der Waals surface area contributed by atoms with Gasteiger partial charge in [-0.2, -0.15) is 0 Å². The normalized spacial score (nSPS) is 10.0. The lowest BCUT2D eigenvalue weighted by Crippen LogP contribution is -2.34. The van der Waals surface area contributed by atoms with Crippen molar-refractivity contribution in [2.45, 2.75) is 20.0 Å². The van der Waals surface area contributed by atoms with Gasteiger partial charge in [0.15, 0.2) is 5.69 Å². The van der Waals surface area contributed by atoms with Gasteiger partial charge in [-0.3, -0.25) is 10.1 Å². The van der Waals surface area contributed by atoms with E-state index in [-0.39, 0.29) is 31.1 Å². The van der Waals surface area contributed by atoms with E-state index in [0.717, 1.165) is 4.68 Å². The summed E-state index contributed by atoms with van der Waals surface area (Å²) in [5.41, 5.74) is 5.13. The van der Waals surface area contributed by atoms with Gasteiger partial charge in [-0.25, -0.2) is 14.3 Å². The van der Waals surface area contributed by atoms with Gasteiger partial charge in [0.1, 0.15) is 6.54 Å². The number of ether oxygens (including phenoxy) is 1. The van der Waals surface area contributed by atoms with Crippen LogP contribution in [-0.2, 0) is 22.6 Å². The maximum Gasteiger partial charge on any atom is 0.413 e. The third-order valence-corrected chi connectivity index (χ3v) is 2.04. The molecule has 10 heteroatoms. The fourth-order valence-corrected chi connectivity index (χ4v) is 1.28. The van der Waals surface area contributed by atoms with E-state index in [1.54, 1.807) is 6.92 Å². The molecule has 1 rings (SSSR count). The number of imide groups is 1. The molecule has 0 saturated carbocycles. The molecule has 19 heavy (non-hydrogen) atoms. The lowest BCUT2D eigenvalue weighted by Gasteiger charge is -2.06. The molecule has 4 N–H and O–H groups in total. The van der Waals surface area contributed by atoms with Crippen molar-refractivity contribution in [3.05, 3.63) is 11.4 Å². The number of nitrogens with two attached hydrogens (primary N) is 1. The summed E-state index contributed by atoms with van der Waals surface area (Å²) in [6, 6.07) is 0. The summed E-state index contributed by atoms with van der Waals surface area (Å²) in [7, 11) is 0. The number of hydrogen-bond acceptors (Lipinski definition) is 7. The smallest absolute Gasteiger partial charge is 0.413 e. The highest BCUT2D eigenvalue weighted by molar-refractivity contribution is 5.91. The highest BCUT2D eigenvalue weighted by Crippen LogP contribution is 2.04. The molecule has 0 aliphatic carbocycles. The number of nitrogens with one attached hydrogen (secondary N) is 1. The zero-order valence-electron chi connectivity index (χ0n) is 10.1. The van der Waals surface area contributed by atoms with Gasteiger partial charge < -0.3 is 15.6 Å². The lowest BCUT2D eigenvalue weighted by atomic mass is 10.3. The molecule has 0 atom stereocenters. The average molecular weight is 271 g/mol. The van der Waals surface area contributed by atoms with Crippen LogP contribution in [0.15, 0.2) is 0 Å². The van der Waals surface area contributed by atoms with Crippen molar-refractivity contribution in [3.63, 3.8) is 0 Å². The molecule has 104 valence electrons. The van der Waals surface area contributed by atoms with Crippen molar-refractivity contribution in [1.82, 2.24) is 20.3 Å². The fourth-order valence-electron chi connectivity index (χ4n) is 1.28. The number of nitrogens with zero attached hydrogens (tertiary/aromatic N) is 3. The van der Waals surface area contributed by atoms with E-state index in [9.17, 15) is 14.4 Å². The molecule has 0 saturated heterocycles. The monoisotopic (exact) mass is 271 g/mol. The Hall–Kier alpha value is -2.49. The van der Waals surface area contributed by atoms with Gasteiger partial charge in [0.2, 0.25) is 0 Å². The summed E-state index contributed by atoms with van der Waals surface area (Å²) in [6.45, 7) is 1.18. The largest absolute Gasteiger partial charge is 0.476 e. The van der Waals surface area contributed by atoms with Crippen LogP contribution in [0.5, 0.6) is 0 Å². The van der Waals surface area contributed by atoms with Crippen molar-refractivity contribution in [2.24, 2.45) is 5.73 Å². The number of carboxylic acid groups (broad SMARTS) is 1. The first kappa shape index (κ1) is 14.6. The molecular formula is C9H13N5O5. The second kappa shape index (κ2) is 6.44. The lowest BCUT2D eigenvalue weighted by molar-refractivity contribution is -0.121. The molecule has 0 bridgehead atoms. The number of hydrogen-bond donors (Lipinski definition) is 3. The summed E-state index contributed by atoms with van der Waals surface area (Å²) in [6.07, 6.45) is -0.889. The van der Waals surface area contributed by atoms with Crippen LogP contribution in [0, 0.1) is 0 Å². The number of carboxylic acids is 1. The number of aromatic carboxylic acids is 1. The molecule has 0 fully saturated rings. The predicted octanol–water partition coefficient (Wildman–Crippen LogP) is -1.29. The number of alkyl carbamates (subject to hydrolysis) is 1. The zero-order chi connectivity index (χ0) is 14.4. The Balaban J connectivity index is 2.74. The van der Waals surface area contributed by atoms with Gasteiger partial charge >= 0.3 is 12.1 Å². The molecule has 0 radical (unpaired) electrons. The molecule has 2 amide bonds. The quantitative estimate of drug-likeness (QED) is 0.598. The Labute approximate surface area is 107 Å². The topological polar surface area (TPSA) is 149 Å². The first-order valence-corrected chi connectivity index (χ1v) is 5.31. The molecular weight excluding hydrogens is 258 g/mol. The third kappa shape index (κ3) is 3.74. The zero-order valence-corrected chi connectivity index (χ0v) is 10.1. The van der Waals surface area contributed by atoms with Crippen LogP contribution in [0.1, 0.15) is 23.1 Å². The summed E-state index contributed by atoms with van der Waals surface area (Å²) >= 11 is 0. The van der Waals surface area contributed by atoms with E-state index in [0.29, 0.717) is 0 Å². The molecule has 1 aromatic rings. The number of rotatable bonds is 5. The Morgan fingerprint density at radius 3 is 2.68 bits per heavy atom. The molecule has 0 aliphatic rings. The highest BCUT2D eigenvalue weighted by atomic mass is 16.5. The first-order valence-electron chi connectivity index (χ1n) is 5.31. The molecule has 1 aromatic heterocycles. The average Bonchev–Trinajstić information content (AvgIpc) is 2.71. The summed E-state index contributed by atoms with van der Waals surface area (Å²) in [5, 5.41) is 17.6. The van der Waals surface area contributed by atoms with Crippen LogP contribution < -0.4 is 11.1 Å². The number of amides is 2. The standard InChI is InChI=1S/C9H13N5O5/c1-2-19-9(18)11-6(15)4-14-5(3-10)7(8(16)17)12-13-14/h2-4,10H2,1H3,(H,16,17)(H,11,15,18). The third-order valence-electron chi connectivity index (χ3n) is 2.04. The van der Waals surface area contributed by atoms with Crippen LogP contribution >= 0.6 is 0 Å². The molecule has 0 spiro atoms. The molecule has 0 aliphatic heterocycles. The minimum absolute atomic E-state index is 0.0894. The summed E-state index contributed by atoms with van der Waals surface area (Å²) in [5.74, 6) is -2.01. The Morgan fingerprint density at radius 1 is 1.47 bits per heavy atom. The predicted molar refractivity (Wildman–Crippen MR) is 60.0 cm³/mol. The van der Waals surface area contributed by atoms with Crippen molar-refractivity contribution >= 4 is 18.0 Å². The van der Waals surface area contributed by atoms with E-state index < -0.39 is 18.0 Å². The Morgan fingerprint density at radius 2 is 2.16 bits per heavy atom. The van der Waals surface area contributed by atoms with E-state index in [2.05, 4.69) is 15.0 Å². The van der Waals surface area contributed by atoms with Gasteiger partial charge in [0.05, 0.1) is 12.3 Å². The van der Waals surface area contributed by atoms with E-state index >= 15 is 0 Å². The maximum atomic E-state index is 11.5. The Bertz CT molecular complexity index is 497. The number of carbonyl (C=O) groups excluding carboxylic acids is 2. The maximum absolute atomic E-state index is 11.5. The van der Waals surface area contributed by atoms with Crippen LogP contribution in [0.2, 0.25) is 0 Å². The second-order valence-electron chi connectivity index (χ2n) is 3.32. The van der Waals surface area contributed by atoms with Crippen molar-refractivity contribution in [3.8, 4) is 0 Å². The van der Waals surface area contributed by atoms with E-state index in [4.69, 9.17) is 10.8 Å². The molecule has 10 nitrogen and oxygen atoms in total. The van der Waals surface area contributed by atoms with E-state index in [1.165, 1.54) is 0 Å². The number of aromatic nitrogens is 3. The minimum atomic E-state index is -1.29. The van der Waals surface area contributed by atoms with Crippen molar-refractivity contribution in [1.29, 1.82) is 0 Å². The highest BCUT2D eigenvalue weighted by Gasteiger charge is 2.19. The first-order chi connectivity index (χ1) is 8.99. The van der Waals surface area contributed by atoms with E-state index in [1.807, 2.05) is 5.32 Å². The van der Waals surface area contributed by atoms with Crippen LogP contribution in [-0.4, -0.2) is 44.7 Å². The van der Waals surface area contributed by atoms with Gasteiger partial charge in [-0.15, -0.1) is 5.10 Å². The van der Waals surface area contributed by atoms with Crippen LogP contribution in [0.25, 0.3) is 0 Å². The second-order valence-corrected chi connectivity index (χ2v) is 3.32. The van der Waals surface area contributed by atoms with Crippen molar-refractivity contribution < 1.29 is 24.2 Å². The summed E-state index contributed by atoms with van der Waals surface area (Å²) < 4.78 is 5.53. The van der Waals surface area contributed by atoms with Crippen LogP contribution in [0.3, 0.4) is 0 Å². The van der Waals surface area contributed by atoms with Crippen LogP contribution in [0.4, 0.5) is 4.79 Å². The number of carbonyl (C=O) groups is 3. The molecule has 0 aromatic carbocycles. The molecule has 0 unspecified atom stereocenters. The van der Waals surface area contributed by atoms with Crippen molar-refractivity contribution in [2.75, 3.05) is 6.61 Å². The van der Waals surface area contributed by atoms with Gasteiger partial charge in [0.25, 0.3) is 5.91 Å². The Kier molecular flexibility index (Phi) is 4.94. The fraction of sp³-hybridized carbons (Fsp3) is 0.444. The van der Waals surface area contributed by atoms with Gasteiger partial charge in [-0.1, -0.05) is 5.21 Å². The molecule has 1 heterocycles. The van der Waals surface area contributed by atoms with Gasteiger partial charge in [-0.05, 0) is 6.92 Å².